The lowest BCUT2D eigenvalue weighted by Gasteiger charge is -2.28. The average Bonchev–Trinajstić information content (AvgIpc) is 3.22. The maximum Gasteiger partial charge on any atom is 0.334 e. The van der Waals surface area contributed by atoms with Gasteiger partial charge in [-0.1, -0.05) is 60.7 Å². The first-order chi connectivity index (χ1) is 14.9. The van der Waals surface area contributed by atoms with Gasteiger partial charge >= 0.3 is 5.97 Å². The molecule has 0 radical (unpaired) electrons. The van der Waals surface area contributed by atoms with Crippen LogP contribution in [0.1, 0.15) is 23.4 Å². The fourth-order valence-electron chi connectivity index (χ4n) is 3.70. The van der Waals surface area contributed by atoms with Crippen LogP contribution in [-0.2, 0) is 19.6 Å². The second-order valence-corrected chi connectivity index (χ2v) is 8.87. The molecule has 1 heterocycles. The molecule has 0 aromatic heterocycles. The minimum atomic E-state index is -4.10. The first kappa shape index (κ1) is 21.0. The number of sulfonamides is 1. The van der Waals surface area contributed by atoms with E-state index < -0.39 is 34.4 Å². The Bertz CT molecular complexity index is 1150. The maximum absolute atomic E-state index is 13.7. The molecule has 0 amide bonds. The lowest BCUT2D eigenvalue weighted by atomic mass is 10.0. The van der Waals surface area contributed by atoms with Gasteiger partial charge in [-0.05, 0) is 35.4 Å². The molecular weight excluding hydrogens is 418 g/mol. The normalized spacial score (nSPS) is 21.6. The molecule has 0 aliphatic carbocycles. The van der Waals surface area contributed by atoms with E-state index in [9.17, 15) is 18.3 Å². The molecule has 0 spiro atoms. The van der Waals surface area contributed by atoms with E-state index in [2.05, 4.69) is 0 Å². The fraction of sp³-hybridized carbons (Fsp3) is 0.174. The molecule has 3 aromatic rings. The Morgan fingerprint density at radius 2 is 1.48 bits per heavy atom. The molecule has 8 heteroatoms. The van der Waals surface area contributed by atoms with Crippen LogP contribution in [0.15, 0.2) is 89.8 Å². The van der Waals surface area contributed by atoms with Gasteiger partial charge in [0.05, 0.1) is 18.0 Å². The molecule has 1 N–H and O–H groups in total. The number of benzene rings is 3. The number of carboxylic acid groups (broad SMARTS) is 1. The zero-order valence-corrected chi connectivity index (χ0v) is 17.5. The summed E-state index contributed by atoms with van der Waals surface area (Å²) in [6, 6.07) is 22.2. The first-order valence-corrected chi connectivity index (χ1v) is 11.0. The van der Waals surface area contributed by atoms with Gasteiger partial charge in [-0.3, -0.25) is 0 Å². The predicted molar refractivity (Wildman–Crippen MR) is 113 cm³/mol. The van der Waals surface area contributed by atoms with E-state index in [0.717, 1.165) is 4.31 Å². The molecule has 4 rings (SSSR count). The quantitative estimate of drug-likeness (QED) is 0.631. The van der Waals surface area contributed by atoms with Crippen molar-refractivity contribution in [1.29, 1.82) is 0 Å². The van der Waals surface area contributed by atoms with Gasteiger partial charge < -0.3 is 14.6 Å². The van der Waals surface area contributed by atoms with Crippen LogP contribution >= 0.6 is 0 Å². The molecular formula is C23H21NO6S. The summed E-state index contributed by atoms with van der Waals surface area (Å²) in [5.74, 6) is -0.667. The van der Waals surface area contributed by atoms with Gasteiger partial charge in [0.15, 0.2) is 12.3 Å². The number of carboxylic acids is 1. The van der Waals surface area contributed by atoms with Crippen LogP contribution in [0.3, 0.4) is 0 Å². The van der Waals surface area contributed by atoms with Gasteiger partial charge in [-0.25, -0.2) is 13.2 Å². The Hall–Kier alpha value is -3.20. The standard InChI is InChI=1S/C23H21NO6S/c1-29-18-14-12-16(13-15-18)20-21(23(25)26)30-22(17-8-4-2-5-9-17)24(20)31(27,28)19-10-6-3-7-11-19/h2-15,20-22H,1H3,(H,25,26)/t20-,21+,22?/m1/s1. The van der Waals surface area contributed by atoms with Crippen LogP contribution < -0.4 is 4.74 Å². The van der Waals surface area contributed by atoms with Crippen molar-refractivity contribution in [1.82, 2.24) is 4.31 Å². The van der Waals surface area contributed by atoms with Crippen LogP contribution in [0.2, 0.25) is 0 Å². The van der Waals surface area contributed by atoms with E-state index in [1.54, 1.807) is 72.8 Å². The minimum Gasteiger partial charge on any atom is -0.497 e. The number of aliphatic carboxylic acids is 1. The molecule has 160 valence electrons. The van der Waals surface area contributed by atoms with E-state index in [0.29, 0.717) is 16.9 Å². The zero-order chi connectivity index (χ0) is 22.0. The third kappa shape index (κ3) is 3.93. The third-order valence-electron chi connectivity index (χ3n) is 5.17. The summed E-state index contributed by atoms with van der Waals surface area (Å²) in [6.07, 6.45) is -2.49. The summed E-state index contributed by atoms with van der Waals surface area (Å²) in [5, 5.41) is 9.89. The van der Waals surface area contributed by atoms with E-state index in [4.69, 9.17) is 9.47 Å². The SMILES string of the molecule is COc1ccc([C@@H]2[C@@H](C(=O)O)OC(c3ccccc3)N2S(=O)(=O)c2ccccc2)cc1. The molecule has 31 heavy (non-hydrogen) atoms. The molecule has 1 unspecified atom stereocenters. The Balaban J connectivity index is 1.90. The monoisotopic (exact) mass is 439 g/mol. The smallest absolute Gasteiger partial charge is 0.334 e. The van der Waals surface area contributed by atoms with Crippen molar-refractivity contribution in [3.63, 3.8) is 0 Å². The molecule has 1 fully saturated rings. The van der Waals surface area contributed by atoms with E-state index in [1.807, 2.05) is 0 Å². The second kappa shape index (κ2) is 8.50. The Kier molecular flexibility index (Phi) is 5.77. The van der Waals surface area contributed by atoms with Crippen LogP contribution in [0.5, 0.6) is 5.75 Å². The molecule has 3 atom stereocenters. The van der Waals surface area contributed by atoms with Crippen molar-refractivity contribution in [3.8, 4) is 5.75 Å². The predicted octanol–water partition coefficient (Wildman–Crippen LogP) is 3.61. The van der Waals surface area contributed by atoms with Crippen LogP contribution in [0, 0.1) is 0 Å². The van der Waals surface area contributed by atoms with Crippen molar-refractivity contribution in [2.45, 2.75) is 23.3 Å². The summed E-state index contributed by atoms with van der Waals surface area (Å²) >= 11 is 0. The van der Waals surface area contributed by atoms with Gasteiger partial charge in [0, 0.05) is 0 Å². The highest BCUT2D eigenvalue weighted by atomic mass is 32.2. The number of methoxy groups -OCH3 is 1. The number of rotatable bonds is 6. The summed E-state index contributed by atoms with van der Waals surface area (Å²) in [5.41, 5.74) is 1.04. The van der Waals surface area contributed by atoms with Gasteiger partial charge in [0.1, 0.15) is 5.75 Å². The highest BCUT2D eigenvalue weighted by molar-refractivity contribution is 7.89. The van der Waals surface area contributed by atoms with E-state index >= 15 is 0 Å². The molecule has 1 aliphatic heterocycles. The van der Waals surface area contributed by atoms with Crippen molar-refractivity contribution < 1.29 is 27.8 Å². The third-order valence-corrected chi connectivity index (χ3v) is 7.01. The van der Waals surface area contributed by atoms with Gasteiger partial charge in [0.25, 0.3) is 0 Å². The molecule has 7 nitrogen and oxygen atoms in total. The summed E-state index contributed by atoms with van der Waals surface area (Å²) in [7, 11) is -2.58. The highest BCUT2D eigenvalue weighted by Gasteiger charge is 2.53. The van der Waals surface area contributed by atoms with Crippen molar-refractivity contribution >= 4 is 16.0 Å². The zero-order valence-electron chi connectivity index (χ0n) is 16.7. The number of carbonyl (C=O) groups is 1. The summed E-state index contributed by atoms with van der Waals surface area (Å²) < 4.78 is 39.6. The lowest BCUT2D eigenvalue weighted by Crippen LogP contribution is -2.36. The summed E-state index contributed by atoms with van der Waals surface area (Å²) in [4.78, 5) is 12.2. The van der Waals surface area contributed by atoms with E-state index in [-0.39, 0.29) is 4.90 Å². The average molecular weight is 439 g/mol. The Labute approximate surface area is 180 Å². The lowest BCUT2D eigenvalue weighted by molar-refractivity contribution is -0.150. The highest BCUT2D eigenvalue weighted by Crippen LogP contribution is 2.46. The van der Waals surface area contributed by atoms with Gasteiger partial charge in [-0.2, -0.15) is 4.31 Å². The largest absolute Gasteiger partial charge is 0.497 e. The topological polar surface area (TPSA) is 93.1 Å². The molecule has 1 aliphatic rings. The number of ether oxygens (including phenoxy) is 2. The van der Waals surface area contributed by atoms with Gasteiger partial charge in [-0.15, -0.1) is 0 Å². The second-order valence-electron chi connectivity index (χ2n) is 7.02. The molecule has 3 aromatic carbocycles. The summed E-state index contributed by atoms with van der Waals surface area (Å²) in [6.45, 7) is 0. The number of hydrogen-bond acceptors (Lipinski definition) is 5. The number of nitrogens with zero attached hydrogens (tertiary/aromatic N) is 1. The minimum absolute atomic E-state index is 0.0593. The van der Waals surface area contributed by atoms with E-state index in [1.165, 1.54) is 19.2 Å². The van der Waals surface area contributed by atoms with Crippen LogP contribution in [0.4, 0.5) is 0 Å². The van der Waals surface area contributed by atoms with Crippen LogP contribution in [-0.4, -0.2) is 37.0 Å². The Morgan fingerprint density at radius 1 is 0.903 bits per heavy atom. The Morgan fingerprint density at radius 3 is 2.03 bits per heavy atom. The first-order valence-electron chi connectivity index (χ1n) is 9.59. The molecule has 0 saturated carbocycles. The molecule has 0 bridgehead atoms. The number of hydrogen-bond donors (Lipinski definition) is 1. The van der Waals surface area contributed by atoms with Crippen LogP contribution in [0.25, 0.3) is 0 Å². The van der Waals surface area contributed by atoms with Crippen molar-refractivity contribution in [3.05, 3.63) is 96.1 Å². The molecule has 1 saturated heterocycles. The van der Waals surface area contributed by atoms with Crippen molar-refractivity contribution in [2.24, 2.45) is 0 Å². The fourth-order valence-corrected chi connectivity index (χ4v) is 5.40. The van der Waals surface area contributed by atoms with Crippen molar-refractivity contribution in [2.75, 3.05) is 7.11 Å². The maximum atomic E-state index is 13.7. The van der Waals surface area contributed by atoms with Gasteiger partial charge in [0.2, 0.25) is 10.0 Å².